The van der Waals surface area contributed by atoms with Crippen molar-refractivity contribution >= 4 is 22.1 Å². The summed E-state index contributed by atoms with van der Waals surface area (Å²) in [7, 11) is 0. The number of nitrogens with zero attached hydrogens (tertiary/aromatic N) is 3. The Bertz CT molecular complexity index is 518. The summed E-state index contributed by atoms with van der Waals surface area (Å²) in [6.45, 7) is 0.678. The van der Waals surface area contributed by atoms with Crippen LogP contribution >= 0.6 is 11.3 Å². The van der Waals surface area contributed by atoms with Gasteiger partial charge in [-0.3, -0.25) is 4.40 Å². The van der Waals surface area contributed by atoms with Crippen LogP contribution in [0.5, 0.6) is 0 Å². The Hall–Kier alpha value is -1.11. The number of hydrogen-bond acceptors (Lipinski definition) is 5. The second kappa shape index (κ2) is 4.29. The zero-order chi connectivity index (χ0) is 11.8. The van der Waals surface area contributed by atoms with Crippen molar-refractivity contribution in [3.63, 3.8) is 0 Å². The Morgan fingerprint density at radius 2 is 2.29 bits per heavy atom. The minimum absolute atomic E-state index is 0.0259. The number of imidazole rings is 1. The molecule has 1 aliphatic rings. The Morgan fingerprint density at radius 1 is 1.47 bits per heavy atom. The summed E-state index contributed by atoms with van der Waals surface area (Å²) in [6.07, 6.45) is 4.22. The third-order valence-electron chi connectivity index (χ3n) is 3.09. The van der Waals surface area contributed by atoms with E-state index in [1.807, 2.05) is 16.0 Å². The van der Waals surface area contributed by atoms with Crippen LogP contribution in [0.3, 0.4) is 0 Å². The number of aliphatic hydroxyl groups excluding tert-OH is 2. The molecule has 1 saturated carbocycles. The average molecular weight is 253 g/mol. The van der Waals surface area contributed by atoms with Gasteiger partial charge in [0.2, 0.25) is 0 Å². The van der Waals surface area contributed by atoms with Crippen LogP contribution in [-0.4, -0.2) is 38.8 Å². The highest BCUT2D eigenvalue weighted by molar-refractivity contribution is 7.15. The fraction of sp³-hybridized carbons (Fsp3) is 0.545. The van der Waals surface area contributed by atoms with Crippen molar-refractivity contribution in [2.75, 3.05) is 18.1 Å². The molecule has 5 nitrogen and oxygen atoms in total. The highest BCUT2D eigenvalue weighted by Crippen LogP contribution is 2.34. The smallest absolute Gasteiger partial charge is 0.195 e. The Kier molecular flexibility index (Phi) is 2.78. The zero-order valence-corrected chi connectivity index (χ0v) is 10.2. The summed E-state index contributed by atoms with van der Waals surface area (Å²) in [4.78, 5) is 7.57. The molecule has 0 spiro atoms. The van der Waals surface area contributed by atoms with Gasteiger partial charge in [0.15, 0.2) is 10.8 Å². The Morgan fingerprint density at radius 3 is 2.94 bits per heavy atom. The van der Waals surface area contributed by atoms with E-state index in [9.17, 15) is 5.11 Å². The average Bonchev–Trinajstić information content (AvgIpc) is 2.96. The number of aliphatic hydroxyl groups is 2. The summed E-state index contributed by atoms with van der Waals surface area (Å²) in [5.41, 5.74) is 0.821. The second-order valence-corrected chi connectivity index (χ2v) is 5.12. The molecule has 0 bridgehead atoms. The van der Waals surface area contributed by atoms with Crippen LogP contribution in [0.4, 0.5) is 5.82 Å². The summed E-state index contributed by atoms with van der Waals surface area (Å²) >= 11 is 1.56. The molecule has 1 fully saturated rings. The maximum atomic E-state index is 9.50. The topological polar surface area (TPSA) is 61.0 Å². The van der Waals surface area contributed by atoms with Crippen molar-refractivity contribution in [1.29, 1.82) is 0 Å². The lowest BCUT2D eigenvalue weighted by molar-refractivity contribution is 0.275. The van der Waals surface area contributed by atoms with Gasteiger partial charge in [-0.15, -0.1) is 11.3 Å². The first-order valence-corrected chi connectivity index (χ1v) is 6.66. The summed E-state index contributed by atoms with van der Waals surface area (Å²) in [6, 6.07) is 0.483. The van der Waals surface area contributed by atoms with Crippen molar-refractivity contribution in [1.82, 2.24) is 9.38 Å². The van der Waals surface area contributed by atoms with Crippen LogP contribution in [0.25, 0.3) is 4.96 Å². The van der Waals surface area contributed by atoms with E-state index in [0.29, 0.717) is 12.6 Å². The van der Waals surface area contributed by atoms with Crippen molar-refractivity contribution in [3.05, 3.63) is 17.3 Å². The third kappa shape index (κ3) is 1.82. The maximum Gasteiger partial charge on any atom is 0.195 e. The number of anilines is 1. The maximum absolute atomic E-state index is 9.50. The van der Waals surface area contributed by atoms with E-state index in [-0.39, 0.29) is 13.2 Å². The van der Waals surface area contributed by atoms with Gasteiger partial charge in [-0.05, 0) is 12.8 Å². The standard InChI is InChI=1S/C11H15N3O2S/c15-5-3-13(8-1-2-8)10-9(7-16)14-4-6-17-11(14)12-10/h4,6,8,15-16H,1-3,5,7H2. The van der Waals surface area contributed by atoms with Crippen LogP contribution in [-0.2, 0) is 6.61 Å². The van der Waals surface area contributed by atoms with E-state index in [2.05, 4.69) is 9.88 Å². The molecule has 2 N–H and O–H groups in total. The largest absolute Gasteiger partial charge is 0.395 e. The van der Waals surface area contributed by atoms with E-state index in [1.54, 1.807) is 11.3 Å². The molecule has 1 aliphatic carbocycles. The third-order valence-corrected chi connectivity index (χ3v) is 3.85. The molecule has 0 saturated heterocycles. The lowest BCUT2D eigenvalue weighted by Crippen LogP contribution is -2.30. The molecule has 92 valence electrons. The molecule has 0 aromatic carbocycles. The molecule has 0 aliphatic heterocycles. The van der Waals surface area contributed by atoms with E-state index < -0.39 is 0 Å². The summed E-state index contributed by atoms with van der Waals surface area (Å²) in [5, 5.41) is 20.6. The predicted molar refractivity (Wildman–Crippen MR) is 66.4 cm³/mol. The number of aromatic nitrogens is 2. The minimum atomic E-state index is -0.0259. The lowest BCUT2D eigenvalue weighted by atomic mass is 10.3. The molecule has 0 unspecified atom stereocenters. The van der Waals surface area contributed by atoms with Gasteiger partial charge in [0.05, 0.1) is 18.9 Å². The molecule has 2 heterocycles. The quantitative estimate of drug-likeness (QED) is 0.829. The molecule has 17 heavy (non-hydrogen) atoms. The van der Waals surface area contributed by atoms with Crippen LogP contribution in [0.1, 0.15) is 18.5 Å². The van der Waals surface area contributed by atoms with E-state index in [1.165, 1.54) is 0 Å². The first kappa shape index (κ1) is 11.0. The molecule has 0 atom stereocenters. The zero-order valence-electron chi connectivity index (χ0n) is 9.41. The molecule has 0 amide bonds. The fourth-order valence-corrected chi connectivity index (χ4v) is 2.88. The van der Waals surface area contributed by atoms with E-state index in [4.69, 9.17) is 5.11 Å². The van der Waals surface area contributed by atoms with Crippen molar-refractivity contribution in [2.24, 2.45) is 0 Å². The van der Waals surface area contributed by atoms with Crippen LogP contribution < -0.4 is 4.90 Å². The lowest BCUT2D eigenvalue weighted by Gasteiger charge is -2.22. The van der Waals surface area contributed by atoms with Gasteiger partial charge in [-0.25, -0.2) is 4.98 Å². The van der Waals surface area contributed by atoms with Crippen LogP contribution in [0, 0.1) is 0 Å². The highest BCUT2D eigenvalue weighted by Gasteiger charge is 2.32. The highest BCUT2D eigenvalue weighted by atomic mass is 32.1. The second-order valence-electron chi connectivity index (χ2n) is 4.24. The summed E-state index contributed by atoms with van der Waals surface area (Å²) in [5.74, 6) is 0.830. The molecule has 0 radical (unpaired) electrons. The monoisotopic (exact) mass is 253 g/mol. The predicted octanol–water partition coefficient (Wildman–Crippen LogP) is 0.849. The molecule has 2 aromatic heterocycles. The first-order chi connectivity index (χ1) is 8.35. The fourth-order valence-electron chi connectivity index (χ4n) is 2.15. The van der Waals surface area contributed by atoms with Crippen LogP contribution in [0.15, 0.2) is 11.6 Å². The van der Waals surface area contributed by atoms with E-state index >= 15 is 0 Å². The minimum Gasteiger partial charge on any atom is -0.395 e. The number of rotatable bonds is 5. The van der Waals surface area contributed by atoms with Gasteiger partial charge < -0.3 is 15.1 Å². The van der Waals surface area contributed by atoms with Gasteiger partial charge in [0.25, 0.3) is 0 Å². The van der Waals surface area contributed by atoms with Crippen LogP contribution in [0.2, 0.25) is 0 Å². The molecular formula is C11H15N3O2S. The van der Waals surface area contributed by atoms with Gasteiger partial charge in [0.1, 0.15) is 0 Å². The van der Waals surface area contributed by atoms with Gasteiger partial charge in [0, 0.05) is 24.2 Å². The first-order valence-electron chi connectivity index (χ1n) is 5.78. The number of thiazole rings is 1. The van der Waals surface area contributed by atoms with Gasteiger partial charge >= 0.3 is 0 Å². The molecule has 6 heteroatoms. The summed E-state index contributed by atoms with van der Waals surface area (Å²) < 4.78 is 1.92. The van der Waals surface area contributed by atoms with Crippen molar-refractivity contribution in [3.8, 4) is 0 Å². The Balaban J connectivity index is 2.04. The Labute approximate surface area is 103 Å². The van der Waals surface area contributed by atoms with Crippen molar-refractivity contribution < 1.29 is 10.2 Å². The van der Waals surface area contributed by atoms with Crippen molar-refractivity contribution in [2.45, 2.75) is 25.5 Å². The molecule has 3 rings (SSSR count). The number of hydrogen-bond donors (Lipinski definition) is 2. The number of fused-ring (bicyclic) bond motifs is 1. The molecular weight excluding hydrogens is 238 g/mol. The SMILES string of the molecule is OCCN(c1nc2sccn2c1CO)C1CC1. The normalized spacial score (nSPS) is 15.6. The van der Waals surface area contributed by atoms with Gasteiger partial charge in [-0.2, -0.15) is 0 Å². The molecule has 2 aromatic rings. The van der Waals surface area contributed by atoms with E-state index in [0.717, 1.165) is 29.3 Å². The van der Waals surface area contributed by atoms with Gasteiger partial charge in [-0.1, -0.05) is 0 Å².